The van der Waals surface area contributed by atoms with Crippen LogP contribution in [0.5, 0.6) is 11.5 Å². The zero-order valence-electron chi connectivity index (χ0n) is 9.97. The lowest BCUT2D eigenvalue weighted by molar-refractivity contribution is 0.105. The predicted octanol–water partition coefficient (Wildman–Crippen LogP) is 2.53. The molecule has 100 valence electrons. The molecule has 1 aromatic carbocycles. The molecule has 2 aromatic rings. The Morgan fingerprint density at radius 2 is 2.05 bits per heavy atom. The molecule has 3 rings (SSSR count). The molecule has 0 aliphatic carbocycles. The van der Waals surface area contributed by atoms with Crippen molar-refractivity contribution in [3.63, 3.8) is 0 Å². The molecular weight excluding hydrogens is 270 g/mol. The van der Waals surface area contributed by atoms with Gasteiger partial charge in [-0.1, -0.05) is 6.07 Å². The summed E-state index contributed by atoms with van der Waals surface area (Å²) in [5.74, 6) is 1.79. The molecule has 0 radical (unpaired) electrons. The molecule has 0 atom stereocenters. The van der Waals surface area contributed by atoms with Crippen molar-refractivity contribution in [2.24, 2.45) is 5.73 Å². The molecule has 2 heterocycles. The van der Waals surface area contributed by atoms with E-state index in [1.807, 2.05) is 18.2 Å². The Morgan fingerprint density at radius 3 is 2.63 bits per heavy atom. The van der Waals surface area contributed by atoms with E-state index in [0.29, 0.717) is 13.3 Å². The summed E-state index contributed by atoms with van der Waals surface area (Å²) >= 11 is 5.01. The van der Waals surface area contributed by atoms with E-state index >= 15 is 0 Å². The van der Waals surface area contributed by atoms with Crippen LogP contribution in [-0.2, 0) is 6.54 Å². The fraction of sp³-hybridized carbons (Fsp3) is 0.154. The number of benzene rings is 1. The molecular formula is C13H12ClNO4. The van der Waals surface area contributed by atoms with Crippen LogP contribution in [0.25, 0.3) is 0 Å². The highest BCUT2D eigenvalue weighted by molar-refractivity contribution is 6.67. The number of halogens is 1. The first-order chi connectivity index (χ1) is 9.20. The van der Waals surface area contributed by atoms with Crippen molar-refractivity contribution in [2.75, 3.05) is 6.79 Å². The quantitative estimate of drug-likeness (QED) is 0.856. The lowest BCUT2D eigenvalue weighted by Crippen LogP contribution is -1.95. The van der Waals surface area contributed by atoms with Crippen molar-refractivity contribution in [1.82, 2.24) is 0 Å². The first-order valence-electron chi connectivity index (χ1n) is 5.52. The lowest BCUT2D eigenvalue weighted by atomic mass is 10.2. The van der Waals surface area contributed by atoms with Gasteiger partial charge in [-0.25, -0.2) is 0 Å². The zero-order valence-corrected chi connectivity index (χ0v) is 10.7. The van der Waals surface area contributed by atoms with Crippen LogP contribution in [0.3, 0.4) is 0 Å². The number of carbonyl (C=O) groups is 1. The Kier molecular flexibility index (Phi) is 4.43. The van der Waals surface area contributed by atoms with Crippen LogP contribution >= 0.6 is 11.6 Å². The van der Waals surface area contributed by atoms with E-state index in [1.54, 1.807) is 6.07 Å². The molecule has 0 saturated heterocycles. The second-order valence-electron chi connectivity index (χ2n) is 3.64. The molecule has 6 heteroatoms. The Balaban J connectivity index is 0.000000148. The van der Waals surface area contributed by atoms with Crippen LogP contribution in [0.4, 0.5) is 0 Å². The standard InChI is InChI=1S/C8H9NO2.C5H3ClO2/c9-4-6-1-2-7-8(3-6)11-5-10-7;6-5(7)4-2-1-3-8-4/h1-3H,4-5,9H2;1-3H. The van der Waals surface area contributed by atoms with Gasteiger partial charge in [-0.2, -0.15) is 0 Å². The van der Waals surface area contributed by atoms with Crippen molar-refractivity contribution in [3.05, 3.63) is 47.9 Å². The summed E-state index contributed by atoms with van der Waals surface area (Å²) in [5, 5.41) is -0.560. The third-order valence-electron chi connectivity index (χ3n) is 2.39. The van der Waals surface area contributed by atoms with Gasteiger partial charge in [-0.3, -0.25) is 4.79 Å². The maximum atomic E-state index is 10.2. The summed E-state index contributed by atoms with van der Waals surface area (Å²) in [5.41, 5.74) is 6.51. The maximum absolute atomic E-state index is 10.2. The zero-order chi connectivity index (χ0) is 13.7. The highest BCUT2D eigenvalue weighted by Crippen LogP contribution is 2.32. The molecule has 0 fully saturated rings. The number of hydrogen-bond acceptors (Lipinski definition) is 5. The van der Waals surface area contributed by atoms with E-state index in [9.17, 15) is 4.79 Å². The molecule has 0 bridgehead atoms. The third kappa shape index (κ3) is 3.49. The van der Waals surface area contributed by atoms with E-state index in [0.717, 1.165) is 17.1 Å². The Labute approximate surface area is 114 Å². The van der Waals surface area contributed by atoms with Gasteiger partial charge in [0.1, 0.15) is 0 Å². The fourth-order valence-electron chi connectivity index (χ4n) is 1.46. The molecule has 0 saturated carbocycles. The molecule has 5 nitrogen and oxygen atoms in total. The average molecular weight is 282 g/mol. The van der Waals surface area contributed by atoms with Crippen molar-refractivity contribution in [3.8, 4) is 11.5 Å². The van der Waals surface area contributed by atoms with Gasteiger partial charge in [0.05, 0.1) is 6.26 Å². The van der Waals surface area contributed by atoms with Crippen LogP contribution < -0.4 is 15.2 Å². The molecule has 19 heavy (non-hydrogen) atoms. The van der Waals surface area contributed by atoms with E-state index < -0.39 is 5.24 Å². The topological polar surface area (TPSA) is 74.7 Å². The monoisotopic (exact) mass is 281 g/mol. The van der Waals surface area contributed by atoms with E-state index in [2.05, 4.69) is 4.42 Å². The summed E-state index contributed by atoms with van der Waals surface area (Å²) in [7, 11) is 0. The molecule has 0 unspecified atom stereocenters. The SMILES string of the molecule is NCc1ccc2c(c1)OCO2.O=C(Cl)c1ccco1. The lowest BCUT2D eigenvalue weighted by Gasteiger charge is -1.97. The van der Waals surface area contributed by atoms with Gasteiger partial charge in [0.15, 0.2) is 17.3 Å². The minimum atomic E-state index is -0.560. The Hall–Kier alpha value is -1.98. The third-order valence-corrected chi connectivity index (χ3v) is 2.57. The first kappa shape index (κ1) is 13.5. The summed E-state index contributed by atoms with van der Waals surface area (Å²) in [6.07, 6.45) is 1.40. The average Bonchev–Trinajstić information content (AvgIpc) is 3.09. The Morgan fingerprint density at radius 1 is 1.26 bits per heavy atom. The number of ether oxygens (including phenoxy) is 2. The van der Waals surface area contributed by atoms with Crippen LogP contribution in [0.15, 0.2) is 41.0 Å². The molecule has 1 aliphatic rings. The minimum Gasteiger partial charge on any atom is -0.460 e. The molecule has 1 aromatic heterocycles. The van der Waals surface area contributed by atoms with Gasteiger partial charge in [0.25, 0.3) is 5.24 Å². The number of carbonyl (C=O) groups excluding carboxylic acids is 1. The largest absolute Gasteiger partial charge is 0.460 e. The predicted molar refractivity (Wildman–Crippen MR) is 69.3 cm³/mol. The van der Waals surface area contributed by atoms with E-state index in [1.165, 1.54) is 12.3 Å². The first-order valence-corrected chi connectivity index (χ1v) is 5.90. The van der Waals surface area contributed by atoms with Crippen molar-refractivity contribution >= 4 is 16.8 Å². The van der Waals surface area contributed by atoms with Crippen molar-refractivity contribution in [1.29, 1.82) is 0 Å². The van der Waals surface area contributed by atoms with Crippen LogP contribution in [0, 0.1) is 0 Å². The van der Waals surface area contributed by atoms with Crippen molar-refractivity contribution < 1.29 is 18.7 Å². The van der Waals surface area contributed by atoms with E-state index in [4.69, 9.17) is 26.8 Å². The molecule has 2 N–H and O–H groups in total. The smallest absolute Gasteiger partial charge is 0.287 e. The minimum absolute atomic E-state index is 0.187. The highest BCUT2D eigenvalue weighted by atomic mass is 35.5. The molecule has 0 amide bonds. The molecule has 1 aliphatic heterocycles. The van der Waals surface area contributed by atoms with Gasteiger partial charge in [0.2, 0.25) is 6.79 Å². The second-order valence-corrected chi connectivity index (χ2v) is 3.99. The van der Waals surface area contributed by atoms with Crippen LogP contribution in [-0.4, -0.2) is 12.0 Å². The number of rotatable bonds is 2. The van der Waals surface area contributed by atoms with Crippen molar-refractivity contribution in [2.45, 2.75) is 6.54 Å². The summed E-state index contributed by atoms with van der Waals surface area (Å²) in [6.45, 7) is 0.861. The Bertz CT molecular complexity index is 554. The summed E-state index contributed by atoms with van der Waals surface area (Å²) < 4.78 is 14.9. The van der Waals surface area contributed by atoms with Crippen LogP contribution in [0.2, 0.25) is 0 Å². The van der Waals surface area contributed by atoms with Gasteiger partial charge in [-0.05, 0) is 41.4 Å². The number of hydrogen-bond donors (Lipinski definition) is 1. The van der Waals surface area contributed by atoms with Gasteiger partial charge in [0, 0.05) is 6.54 Å². The van der Waals surface area contributed by atoms with Gasteiger partial charge < -0.3 is 19.6 Å². The summed E-state index contributed by atoms with van der Waals surface area (Å²) in [6, 6.07) is 8.84. The number of furan rings is 1. The van der Waals surface area contributed by atoms with E-state index in [-0.39, 0.29) is 5.76 Å². The highest BCUT2D eigenvalue weighted by Gasteiger charge is 2.12. The summed E-state index contributed by atoms with van der Waals surface area (Å²) in [4.78, 5) is 10.2. The number of nitrogens with two attached hydrogens (primary N) is 1. The number of fused-ring (bicyclic) bond motifs is 1. The van der Waals surface area contributed by atoms with Crippen LogP contribution in [0.1, 0.15) is 16.1 Å². The fourth-order valence-corrected chi connectivity index (χ4v) is 1.57. The van der Waals surface area contributed by atoms with Gasteiger partial charge >= 0.3 is 0 Å². The second kappa shape index (κ2) is 6.26. The normalized spacial score (nSPS) is 11.7. The van der Waals surface area contributed by atoms with Gasteiger partial charge in [-0.15, -0.1) is 0 Å². The molecule has 0 spiro atoms. The maximum Gasteiger partial charge on any atom is 0.287 e.